The first-order chi connectivity index (χ1) is 14.6. The maximum Gasteiger partial charge on any atom is 0.303 e. The number of hydrogen-bond donors (Lipinski definition) is 2. The van der Waals surface area contributed by atoms with E-state index in [0.29, 0.717) is 51.6 Å². The molecule has 10 nitrogen and oxygen atoms in total. The number of carbonyl (C=O) groups excluding carboxylic acids is 4. The van der Waals surface area contributed by atoms with Gasteiger partial charge in [-0.25, -0.2) is 0 Å². The van der Waals surface area contributed by atoms with Crippen molar-refractivity contribution in [2.45, 2.75) is 58.8 Å². The third-order valence-corrected chi connectivity index (χ3v) is 4.98. The Hall–Kier alpha value is -2.82. The number of aliphatic carboxylic acids is 2. The minimum atomic E-state index is -0.822. The molecule has 2 aliphatic heterocycles. The fourth-order valence-electron chi connectivity index (χ4n) is 2.79. The molecule has 11 heteroatoms. The zero-order chi connectivity index (χ0) is 23.4. The number of hydrogen-bond acceptors (Lipinski definition) is 6. The van der Waals surface area contributed by atoms with E-state index in [0.717, 1.165) is 4.90 Å². The Morgan fingerprint density at radius 2 is 1.16 bits per heavy atom. The summed E-state index contributed by atoms with van der Waals surface area (Å²) in [5, 5.41) is 16.8. The normalized spacial score (nSPS) is 14.8. The van der Waals surface area contributed by atoms with E-state index in [1.54, 1.807) is 0 Å². The second-order valence-corrected chi connectivity index (χ2v) is 7.71. The number of rotatable bonds is 12. The van der Waals surface area contributed by atoms with Gasteiger partial charge in [-0.3, -0.25) is 38.6 Å². The Morgan fingerprint density at radius 1 is 0.719 bits per heavy atom. The fraction of sp³-hybridized carbons (Fsp3) is 0.524. The van der Waals surface area contributed by atoms with Crippen LogP contribution in [0.25, 0.3) is 0 Å². The number of carboxylic acids is 2. The molecule has 2 aliphatic rings. The molecule has 178 valence electrons. The van der Waals surface area contributed by atoms with E-state index in [1.165, 1.54) is 23.1 Å². The first-order valence-corrected chi connectivity index (χ1v) is 10.6. The summed E-state index contributed by atoms with van der Waals surface area (Å²) in [4.78, 5) is 67.6. The molecule has 0 saturated carbocycles. The lowest BCUT2D eigenvalue weighted by Crippen LogP contribution is -2.31. The molecule has 0 aliphatic carbocycles. The minimum Gasteiger partial charge on any atom is -0.481 e. The molecule has 2 N–H and O–H groups in total. The zero-order valence-electron chi connectivity index (χ0n) is 16.9. The van der Waals surface area contributed by atoms with Crippen LogP contribution in [0.15, 0.2) is 22.7 Å². The smallest absolute Gasteiger partial charge is 0.303 e. The monoisotopic (exact) mass is 516 g/mol. The quantitative estimate of drug-likeness (QED) is 0.296. The van der Waals surface area contributed by atoms with Crippen molar-refractivity contribution in [3.63, 3.8) is 0 Å². The van der Waals surface area contributed by atoms with Gasteiger partial charge in [-0.2, -0.15) is 0 Å². The van der Waals surface area contributed by atoms with Gasteiger partial charge in [-0.05, 0) is 41.6 Å². The fourth-order valence-corrected chi connectivity index (χ4v) is 3.20. The standard InChI is InChI=1S/C10H12BrNO4.C10H13NO4.CH4/c11-7-6-8(13)12(10(7)16)5-3-1-2-4-9(14)15;12-8-5-6-9(13)11(8)7-3-1-2-4-10(14)15;/h6H,1-5H2,(H,14,15);5-6H,1-4,7H2,(H,14,15);1H4. The molecule has 0 spiro atoms. The maximum absolute atomic E-state index is 11.4. The third-order valence-electron chi connectivity index (χ3n) is 4.41. The SMILES string of the molecule is C.O=C(O)CCCCCN1C(=O)C=C(Br)C1=O.O=C(O)CCCCCN1C(=O)C=CC1=O. The summed E-state index contributed by atoms with van der Waals surface area (Å²) in [7, 11) is 0. The molecule has 0 radical (unpaired) electrons. The Balaban J connectivity index is 0.000000584. The van der Waals surface area contributed by atoms with E-state index >= 15 is 0 Å². The zero-order valence-corrected chi connectivity index (χ0v) is 18.5. The molecule has 0 aromatic heterocycles. The highest BCUT2D eigenvalue weighted by atomic mass is 79.9. The van der Waals surface area contributed by atoms with Crippen LogP contribution >= 0.6 is 15.9 Å². The van der Waals surface area contributed by atoms with Crippen LogP contribution in [0.4, 0.5) is 0 Å². The maximum atomic E-state index is 11.4. The lowest BCUT2D eigenvalue weighted by atomic mass is 10.2. The highest BCUT2D eigenvalue weighted by Crippen LogP contribution is 2.18. The van der Waals surface area contributed by atoms with Gasteiger partial charge in [0, 0.05) is 44.2 Å². The van der Waals surface area contributed by atoms with Crippen LogP contribution in [0.3, 0.4) is 0 Å². The molecular weight excluding hydrogens is 488 g/mol. The van der Waals surface area contributed by atoms with Crippen LogP contribution in [-0.4, -0.2) is 68.7 Å². The molecule has 0 bridgehead atoms. The third kappa shape index (κ3) is 10.5. The van der Waals surface area contributed by atoms with Crippen molar-refractivity contribution >= 4 is 51.5 Å². The summed E-state index contributed by atoms with van der Waals surface area (Å²) in [5.41, 5.74) is 0. The average Bonchev–Trinajstić information content (AvgIpc) is 3.13. The molecule has 32 heavy (non-hydrogen) atoms. The first kappa shape index (κ1) is 29.2. The lowest BCUT2D eigenvalue weighted by Gasteiger charge is -2.13. The molecule has 0 saturated heterocycles. The number of imide groups is 2. The van der Waals surface area contributed by atoms with Gasteiger partial charge in [0.2, 0.25) is 0 Å². The summed E-state index contributed by atoms with van der Waals surface area (Å²) in [5.74, 6) is -2.82. The predicted molar refractivity (Wildman–Crippen MR) is 119 cm³/mol. The number of unbranched alkanes of at least 4 members (excludes halogenated alkanes) is 4. The minimum absolute atomic E-state index is 0. The van der Waals surface area contributed by atoms with Crippen molar-refractivity contribution in [3.05, 3.63) is 22.7 Å². The van der Waals surface area contributed by atoms with E-state index in [1.807, 2.05) is 0 Å². The van der Waals surface area contributed by atoms with E-state index < -0.39 is 11.9 Å². The summed E-state index contributed by atoms with van der Waals surface area (Å²) in [6.07, 6.45) is 7.87. The van der Waals surface area contributed by atoms with Crippen LogP contribution in [0.5, 0.6) is 0 Å². The van der Waals surface area contributed by atoms with Gasteiger partial charge in [0.1, 0.15) is 0 Å². The highest BCUT2D eigenvalue weighted by molar-refractivity contribution is 9.12. The number of carboxylic acid groups (broad SMARTS) is 2. The van der Waals surface area contributed by atoms with Crippen LogP contribution in [0.2, 0.25) is 0 Å². The van der Waals surface area contributed by atoms with Crippen LogP contribution in [0, 0.1) is 0 Å². The average molecular weight is 517 g/mol. The second kappa shape index (κ2) is 15.1. The molecule has 2 rings (SSSR count). The molecule has 2 heterocycles. The van der Waals surface area contributed by atoms with Gasteiger partial charge >= 0.3 is 11.9 Å². The molecular formula is C21H29BrN2O8. The number of amides is 4. The van der Waals surface area contributed by atoms with Gasteiger partial charge < -0.3 is 10.2 Å². The van der Waals surface area contributed by atoms with E-state index in [9.17, 15) is 28.8 Å². The Morgan fingerprint density at radius 3 is 1.53 bits per heavy atom. The molecule has 0 aromatic carbocycles. The van der Waals surface area contributed by atoms with Crippen molar-refractivity contribution < 1.29 is 39.0 Å². The first-order valence-electron chi connectivity index (χ1n) is 9.83. The molecule has 0 unspecified atom stereocenters. The molecule has 0 aromatic rings. The van der Waals surface area contributed by atoms with Crippen LogP contribution in [-0.2, 0) is 28.8 Å². The molecule has 0 fully saturated rings. The van der Waals surface area contributed by atoms with Gasteiger partial charge in [0.15, 0.2) is 0 Å². The van der Waals surface area contributed by atoms with Crippen molar-refractivity contribution in [3.8, 4) is 0 Å². The predicted octanol–water partition coefficient (Wildman–Crippen LogP) is 2.47. The van der Waals surface area contributed by atoms with E-state index in [2.05, 4.69) is 15.9 Å². The summed E-state index contributed by atoms with van der Waals surface area (Å²) < 4.78 is 0.281. The number of halogens is 1. The number of carbonyl (C=O) groups is 6. The van der Waals surface area contributed by atoms with Crippen LogP contribution < -0.4 is 0 Å². The van der Waals surface area contributed by atoms with Crippen LogP contribution in [0.1, 0.15) is 58.8 Å². The second-order valence-electron chi connectivity index (χ2n) is 6.86. The molecule has 0 atom stereocenters. The molecule has 4 amide bonds. The Kier molecular flexibility index (Phi) is 13.7. The summed E-state index contributed by atoms with van der Waals surface area (Å²) >= 11 is 3.00. The topological polar surface area (TPSA) is 149 Å². The van der Waals surface area contributed by atoms with E-state index in [4.69, 9.17) is 10.2 Å². The van der Waals surface area contributed by atoms with Crippen molar-refractivity contribution in [1.29, 1.82) is 0 Å². The van der Waals surface area contributed by atoms with Crippen molar-refractivity contribution in [1.82, 2.24) is 9.80 Å². The van der Waals surface area contributed by atoms with Gasteiger partial charge in [0.25, 0.3) is 23.6 Å². The Labute approximate surface area is 195 Å². The summed E-state index contributed by atoms with van der Waals surface area (Å²) in [6, 6.07) is 0. The van der Waals surface area contributed by atoms with Gasteiger partial charge in [0.05, 0.1) is 4.48 Å². The largest absolute Gasteiger partial charge is 0.481 e. The number of nitrogens with zero attached hydrogens (tertiary/aromatic N) is 2. The Bertz CT molecular complexity index is 773. The van der Waals surface area contributed by atoms with Gasteiger partial charge in [-0.15, -0.1) is 0 Å². The van der Waals surface area contributed by atoms with Gasteiger partial charge in [-0.1, -0.05) is 20.3 Å². The van der Waals surface area contributed by atoms with Crippen molar-refractivity contribution in [2.75, 3.05) is 13.1 Å². The lowest BCUT2D eigenvalue weighted by molar-refractivity contribution is -0.138. The highest BCUT2D eigenvalue weighted by Gasteiger charge is 2.28. The van der Waals surface area contributed by atoms with E-state index in [-0.39, 0.29) is 48.4 Å². The summed E-state index contributed by atoms with van der Waals surface area (Å²) in [6.45, 7) is 0.729. The van der Waals surface area contributed by atoms with Crippen molar-refractivity contribution in [2.24, 2.45) is 0 Å².